The normalized spacial score (nSPS) is 17.0. The molecule has 0 saturated carbocycles. The third-order valence-electron chi connectivity index (χ3n) is 3.75. The zero-order chi connectivity index (χ0) is 17.1. The number of hydrogen-bond acceptors (Lipinski definition) is 3. The van der Waals surface area contributed by atoms with Gasteiger partial charge in [-0.05, 0) is 18.2 Å². The van der Waals surface area contributed by atoms with Crippen molar-refractivity contribution in [3.05, 3.63) is 58.1 Å². The predicted octanol–water partition coefficient (Wildman–Crippen LogP) is 5.28. The number of carbonyl (C=O) groups is 1. The number of rotatable bonds is 3. The van der Waals surface area contributed by atoms with E-state index in [0.717, 1.165) is 11.3 Å². The van der Waals surface area contributed by atoms with Crippen molar-refractivity contribution in [1.29, 1.82) is 0 Å². The number of para-hydroxylation sites is 2. The van der Waals surface area contributed by atoms with Gasteiger partial charge in [0.2, 0.25) is 0 Å². The SMILES string of the molecule is COc1ccccc1NC(=O)N1CCSC1c1cccc(Cl)c1Cl. The summed E-state index contributed by atoms with van der Waals surface area (Å²) >= 11 is 14.1. The van der Waals surface area contributed by atoms with Gasteiger partial charge >= 0.3 is 6.03 Å². The molecule has 0 spiro atoms. The number of benzene rings is 2. The Bertz CT molecular complexity index is 757. The number of halogens is 2. The van der Waals surface area contributed by atoms with Crippen molar-refractivity contribution in [1.82, 2.24) is 4.90 Å². The summed E-state index contributed by atoms with van der Waals surface area (Å²) in [4.78, 5) is 14.5. The van der Waals surface area contributed by atoms with Crippen LogP contribution in [0.15, 0.2) is 42.5 Å². The van der Waals surface area contributed by atoms with Crippen molar-refractivity contribution in [3.8, 4) is 5.75 Å². The number of anilines is 1. The van der Waals surface area contributed by atoms with Crippen LogP contribution in [0, 0.1) is 0 Å². The van der Waals surface area contributed by atoms with Gasteiger partial charge in [-0.15, -0.1) is 11.8 Å². The summed E-state index contributed by atoms with van der Waals surface area (Å²) in [6.45, 7) is 0.638. The molecule has 0 aromatic heterocycles. The molecule has 0 aliphatic carbocycles. The second-order valence-electron chi connectivity index (χ2n) is 5.19. The fourth-order valence-corrected chi connectivity index (χ4v) is 4.34. The molecule has 2 aromatic rings. The predicted molar refractivity (Wildman–Crippen MR) is 100 cm³/mol. The van der Waals surface area contributed by atoms with Crippen molar-refractivity contribution in [2.75, 3.05) is 24.7 Å². The molecular formula is C17H16Cl2N2O2S. The number of carbonyl (C=O) groups excluding carboxylic acids is 1. The topological polar surface area (TPSA) is 41.6 Å². The van der Waals surface area contributed by atoms with Crippen LogP contribution in [0.1, 0.15) is 10.9 Å². The van der Waals surface area contributed by atoms with Crippen molar-refractivity contribution in [2.24, 2.45) is 0 Å². The Morgan fingerprint density at radius 3 is 2.83 bits per heavy atom. The third-order valence-corrected chi connectivity index (χ3v) is 5.82. The number of amides is 2. The maximum atomic E-state index is 12.7. The molecule has 24 heavy (non-hydrogen) atoms. The van der Waals surface area contributed by atoms with E-state index >= 15 is 0 Å². The lowest BCUT2D eigenvalue weighted by atomic mass is 10.2. The first-order valence-corrected chi connectivity index (χ1v) is 9.18. The number of nitrogens with one attached hydrogen (secondary N) is 1. The Balaban J connectivity index is 1.82. The van der Waals surface area contributed by atoms with Crippen LogP contribution in [0.3, 0.4) is 0 Å². The first kappa shape index (κ1) is 17.3. The molecule has 0 bridgehead atoms. The Morgan fingerprint density at radius 2 is 2.04 bits per heavy atom. The summed E-state index contributed by atoms with van der Waals surface area (Å²) in [6, 6.07) is 12.6. The Hall–Kier alpha value is -1.56. The minimum absolute atomic E-state index is 0.161. The molecule has 1 saturated heterocycles. The van der Waals surface area contributed by atoms with E-state index in [4.69, 9.17) is 27.9 Å². The summed E-state index contributed by atoms with van der Waals surface area (Å²) in [6.07, 6.45) is 0. The number of urea groups is 1. The average Bonchev–Trinajstić information content (AvgIpc) is 3.07. The van der Waals surface area contributed by atoms with Gasteiger partial charge in [-0.25, -0.2) is 4.79 Å². The lowest BCUT2D eigenvalue weighted by Crippen LogP contribution is -2.34. The molecule has 2 aromatic carbocycles. The Morgan fingerprint density at radius 1 is 1.25 bits per heavy atom. The second-order valence-corrected chi connectivity index (χ2v) is 7.16. The molecule has 1 heterocycles. The van der Waals surface area contributed by atoms with Gasteiger partial charge in [-0.3, -0.25) is 0 Å². The van der Waals surface area contributed by atoms with Gasteiger partial charge in [0.1, 0.15) is 11.1 Å². The van der Waals surface area contributed by atoms with Crippen molar-refractivity contribution in [3.63, 3.8) is 0 Å². The van der Waals surface area contributed by atoms with E-state index in [0.29, 0.717) is 28.0 Å². The number of methoxy groups -OCH3 is 1. The number of nitrogens with zero attached hydrogens (tertiary/aromatic N) is 1. The number of hydrogen-bond donors (Lipinski definition) is 1. The van der Waals surface area contributed by atoms with Crippen LogP contribution in [-0.4, -0.2) is 30.3 Å². The van der Waals surface area contributed by atoms with Crippen LogP contribution in [0.25, 0.3) is 0 Å². The molecular weight excluding hydrogens is 367 g/mol. The summed E-state index contributed by atoms with van der Waals surface area (Å²) < 4.78 is 5.28. The Kier molecular flexibility index (Phi) is 5.43. The molecule has 1 N–H and O–H groups in total. The van der Waals surface area contributed by atoms with Gasteiger partial charge in [0.05, 0.1) is 22.8 Å². The average molecular weight is 383 g/mol. The van der Waals surface area contributed by atoms with Crippen LogP contribution in [0.2, 0.25) is 10.0 Å². The smallest absolute Gasteiger partial charge is 0.323 e. The van der Waals surface area contributed by atoms with Crippen LogP contribution >= 0.6 is 35.0 Å². The monoisotopic (exact) mass is 382 g/mol. The summed E-state index contributed by atoms with van der Waals surface area (Å²) in [5, 5.41) is 3.74. The van der Waals surface area contributed by atoms with Crippen molar-refractivity contribution in [2.45, 2.75) is 5.37 Å². The highest BCUT2D eigenvalue weighted by molar-refractivity contribution is 7.99. The molecule has 1 fully saturated rings. The molecule has 1 atom stereocenters. The fraction of sp³-hybridized carbons (Fsp3) is 0.235. The zero-order valence-electron chi connectivity index (χ0n) is 13.0. The van der Waals surface area contributed by atoms with Gasteiger partial charge in [-0.1, -0.05) is 47.5 Å². The largest absolute Gasteiger partial charge is 0.495 e. The Labute approximate surface area is 155 Å². The highest BCUT2D eigenvalue weighted by Crippen LogP contribution is 2.43. The first-order chi connectivity index (χ1) is 11.6. The number of ether oxygens (including phenoxy) is 1. The highest BCUT2D eigenvalue weighted by Gasteiger charge is 2.32. The lowest BCUT2D eigenvalue weighted by Gasteiger charge is -2.25. The van der Waals surface area contributed by atoms with Crippen LogP contribution in [0.5, 0.6) is 5.75 Å². The third kappa shape index (κ3) is 3.43. The highest BCUT2D eigenvalue weighted by atomic mass is 35.5. The van der Waals surface area contributed by atoms with Gasteiger partial charge in [0.25, 0.3) is 0 Å². The summed E-state index contributed by atoms with van der Waals surface area (Å²) in [7, 11) is 1.57. The second kappa shape index (κ2) is 7.55. The zero-order valence-corrected chi connectivity index (χ0v) is 15.3. The molecule has 1 aliphatic heterocycles. The van der Waals surface area contributed by atoms with E-state index in [2.05, 4.69) is 5.32 Å². The minimum atomic E-state index is -0.189. The number of thioether (sulfide) groups is 1. The standard InChI is InChI=1S/C17H16Cl2N2O2S/c1-23-14-8-3-2-7-13(14)20-17(22)21-9-10-24-16(21)11-5-4-6-12(18)15(11)19/h2-8,16H,9-10H2,1H3,(H,20,22). The fourth-order valence-electron chi connectivity index (χ4n) is 2.58. The van der Waals surface area contributed by atoms with E-state index < -0.39 is 0 Å². The molecule has 0 radical (unpaired) electrons. The van der Waals surface area contributed by atoms with Gasteiger partial charge in [0.15, 0.2) is 0 Å². The molecule has 1 aliphatic rings. The molecule has 1 unspecified atom stereocenters. The quantitative estimate of drug-likeness (QED) is 0.784. The first-order valence-electron chi connectivity index (χ1n) is 7.38. The van der Waals surface area contributed by atoms with Gasteiger partial charge < -0.3 is 15.0 Å². The molecule has 4 nitrogen and oxygen atoms in total. The van der Waals surface area contributed by atoms with Gasteiger partial charge in [-0.2, -0.15) is 0 Å². The minimum Gasteiger partial charge on any atom is -0.495 e. The molecule has 126 valence electrons. The van der Waals surface area contributed by atoms with Crippen LogP contribution in [0.4, 0.5) is 10.5 Å². The lowest BCUT2D eigenvalue weighted by molar-refractivity contribution is 0.214. The van der Waals surface area contributed by atoms with E-state index in [9.17, 15) is 4.79 Å². The van der Waals surface area contributed by atoms with Crippen molar-refractivity contribution < 1.29 is 9.53 Å². The summed E-state index contributed by atoms with van der Waals surface area (Å²) in [5.41, 5.74) is 1.49. The molecule has 3 rings (SSSR count). The molecule has 7 heteroatoms. The summed E-state index contributed by atoms with van der Waals surface area (Å²) in [5.74, 6) is 1.46. The molecule has 2 amide bonds. The maximum absolute atomic E-state index is 12.7. The van der Waals surface area contributed by atoms with Crippen LogP contribution < -0.4 is 10.1 Å². The van der Waals surface area contributed by atoms with Crippen molar-refractivity contribution >= 4 is 46.7 Å². The maximum Gasteiger partial charge on any atom is 0.323 e. The van der Waals surface area contributed by atoms with Crippen LogP contribution in [-0.2, 0) is 0 Å². The van der Waals surface area contributed by atoms with E-state index in [1.165, 1.54) is 0 Å². The van der Waals surface area contributed by atoms with E-state index in [1.54, 1.807) is 42.0 Å². The van der Waals surface area contributed by atoms with E-state index in [1.807, 2.05) is 24.3 Å². The van der Waals surface area contributed by atoms with E-state index in [-0.39, 0.29) is 11.4 Å². The van der Waals surface area contributed by atoms with Gasteiger partial charge in [0, 0.05) is 17.9 Å².